The van der Waals surface area contributed by atoms with E-state index in [0.717, 1.165) is 23.0 Å². The van der Waals surface area contributed by atoms with Crippen molar-refractivity contribution < 1.29 is 19.1 Å². The molecule has 2 heterocycles. The number of carbonyl (C=O) groups excluding carboxylic acids is 2. The zero-order valence-electron chi connectivity index (χ0n) is 20.3. The zero-order chi connectivity index (χ0) is 23.7. The van der Waals surface area contributed by atoms with Crippen LogP contribution in [0.25, 0.3) is 10.9 Å². The first-order valence-corrected chi connectivity index (χ1v) is 11.2. The van der Waals surface area contributed by atoms with Crippen LogP contribution in [0.1, 0.15) is 57.5 Å². The first-order chi connectivity index (χ1) is 14.8. The molecule has 0 unspecified atom stereocenters. The van der Waals surface area contributed by atoms with Gasteiger partial charge in [0.2, 0.25) is 0 Å². The van der Waals surface area contributed by atoms with Crippen LogP contribution in [0.5, 0.6) is 0 Å². The summed E-state index contributed by atoms with van der Waals surface area (Å²) < 4.78 is 13.0. The van der Waals surface area contributed by atoms with Crippen LogP contribution in [0.4, 0.5) is 4.79 Å². The van der Waals surface area contributed by atoms with Gasteiger partial charge in [-0.1, -0.05) is 0 Å². The van der Waals surface area contributed by atoms with E-state index in [1.165, 1.54) is 0 Å². The van der Waals surface area contributed by atoms with E-state index >= 15 is 0 Å². The van der Waals surface area contributed by atoms with E-state index < -0.39 is 5.60 Å². The Balaban J connectivity index is 1.57. The number of ether oxygens (including phenoxy) is 2. The van der Waals surface area contributed by atoms with Crippen molar-refractivity contribution in [1.82, 2.24) is 20.0 Å². The summed E-state index contributed by atoms with van der Waals surface area (Å²) in [6.07, 6.45) is 1.72. The van der Waals surface area contributed by atoms with E-state index in [4.69, 9.17) is 9.47 Å². The smallest absolute Gasteiger partial charge is 0.410 e. The van der Waals surface area contributed by atoms with Gasteiger partial charge < -0.3 is 19.7 Å². The molecule has 1 fully saturated rings. The molecule has 0 radical (unpaired) electrons. The molecule has 32 heavy (non-hydrogen) atoms. The third-order valence-corrected chi connectivity index (χ3v) is 5.23. The van der Waals surface area contributed by atoms with Gasteiger partial charge in [-0.2, -0.15) is 5.10 Å². The molecule has 1 aromatic heterocycles. The predicted octanol–water partition coefficient (Wildman–Crippen LogP) is 3.76. The Morgan fingerprint density at radius 2 is 1.81 bits per heavy atom. The van der Waals surface area contributed by atoms with Crippen molar-refractivity contribution in [2.75, 3.05) is 26.2 Å². The number of aromatic nitrogens is 2. The highest BCUT2D eigenvalue weighted by Crippen LogP contribution is 2.24. The second-order valence-corrected chi connectivity index (χ2v) is 10.5. The fourth-order valence-corrected chi connectivity index (χ4v) is 3.66. The molecule has 1 aromatic carbocycles. The van der Waals surface area contributed by atoms with Crippen LogP contribution in [-0.4, -0.2) is 64.1 Å². The van der Waals surface area contributed by atoms with E-state index in [1.54, 1.807) is 4.90 Å². The molecular weight excluding hydrogens is 408 g/mol. The molecule has 176 valence electrons. The number of likely N-dealkylation sites (tertiary alicyclic amines) is 1. The maximum Gasteiger partial charge on any atom is 0.410 e. The number of fused-ring (bicyclic) bond motifs is 1. The van der Waals surface area contributed by atoms with Crippen molar-refractivity contribution >= 4 is 22.9 Å². The molecule has 1 aliphatic heterocycles. The third kappa shape index (κ3) is 6.22. The van der Waals surface area contributed by atoms with Gasteiger partial charge in [0, 0.05) is 49.2 Å². The number of hydrogen-bond donors (Lipinski definition) is 1. The number of carbonyl (C=O) groups is 2. The summed E-state index contributed by atoms with van der Waals surface area (Å²) in [5.74, 6) is 0.226. The normalized spacial score (nSPS) is 15.0. The van der Waals surface area contributed by atoms with Gasteiger partial charge in [0.25, 0.3) is 5.91 Å². The highest BCUT2D eigenvalue weighted by molar-refractivity contribution is 6.00. The van der Waals surface area contributed by atoms with Crippen molar-refractivity contribution in [2.45, 2.75) is 66.2 Å². The van der Waals surface area contributed by atoms with Crippen LogP contribution in [-0.2, 0) is 16.0 Å². The Labute approximate surface area is 190 Å². The van der Waals surface area contributed by atoms with Crippen LogP contribution < -0.4 is 5.32 Å². The number of aryl methyl sites for hydroxylation is 1. The lowest BCUT2D eigenvalue weighted by Crippen LogP contribution is -2.52. The van der Waals surface area contributed by atoms with E-state index in [0.29, 0.717) is 37.7 Å². The van der Waals surface area contributed by atoms with Crippen molar-refractivity contribution in [3.8, 4) is 0 Å². The van der Waals surface area contributed by atoms with Gasteiger partial charge in [-0.05, 0) is 66.2 Å². The topological polar surface area (TPSA) is 85.7 Å². The van der Waals surface area contributed by atoms with Crippen molar-refractivity contribution in [3.63, 3.8) is 0 Å². The summed E-state index contributed by atoms with van der Waals surface area (Å²) in [4.78, 5) is 26.5. The molecule has 0 spiro atoms. The Morgan fingerprint density at radius 1 is 1.12 bits per heavy atom. The minimum absolute atomic E-state index is 0.110. The minimum Gasteiger partial charge on any atom is -0.444 e. The van der Waals surface area contributed by atoms with Crippen LogP contribution in [0.2, 0.25) is 0 Å². The lowest BCUT2D eigenvalue weighted by molar-refractivity contribution is -0.00387. The Kier molecular flexibility index (Phi) is 6.83. The molecule has 1 N–H and O–H groups in total. The van der Waals surface area contributed by atoms with Crippen LogP contribution in [0.3, 0.4) is 0 Å². The molecule has 8 nitrogen and oxygen atoms in total. The fourth-order valence-electron chi connectivity index (χ4n) is 3.66. The maximum absolute atomic E-state index is 12.6. The van der Waals surface area contributed by atoms with Gasteiger partial charge in [0.1, 0.15) is 5.60 Å². The van der Waals surface area contributed by atoms with E-state index in [-0.39, 0.29) is 17.6 Å². The molecule has 3 rings (SSSR count). The zero-order valence-corrected chi connectivity index (χ0v) is 20.3. The fraction of sp³-hybridized carbons (Fsp3) is 0.625. The van der Waals surface area contributed by atoms with E-state index in [2.05, 4.69) is 10.4 Å². The highest BCUT2D eigenvalue weighted by Gasteiger charge is 2.34. The van der Waals surface area contributed by atoms with E-state index in [9.17, 15) is 9.59 Å². The molecule has 0 saturated carbocycles. The molecule has 0 aliphatic carbocycles. The van der Waals surface area contributed by atoms with Crippen LogP contribution >= 0.6 is 0 Å². The van der Waals surface area contributed by atoms with Crippen LogP contribution in [0.15, 0.2) is 18.3 Å². The standard InChI is InChI=1S/C24H36N4O4/c1-16-18(21(29)25-10-11-31-23(2,3)4)8-9-20-19(16)15-28(26-20)14-17-12-27(13-17)22(30)32-24(5,6)7/h8-9,15,17H,10-14H2,1-7H3,(H,25,29). The number of benzene rings is 1. The molecule has 0 bridgehead atoms. The van der Waals surface area contributed by atoms with Gasteiger partial charge in [-0.25, -0.2) is 4.79 Å². The number of rotatable bonds is 6. The largest absolute Gasteiger partial charge is 0.444 e. The summed E-state index contributed by atoms with van der Waals surface area (Å²) in [6.45, 7) is 16.5. The minimum atomic E-state index is -0.483. The van der Waals surface area contributed by atoms with E-state index in [1.807, 2.05) is 71.5 Å². The molecule has 2 aromatic rings. The van der Waals surface area contributed by atoms with Crippen LogP contribution in [0, 0.1) is 12.8 Å². The highest BCUT2D eigenvalue weighted by atomic mass is 16.6. The predicted molar refractivity (Wildman–Crippen MR) is 124 cm³/mol. The SMILES string of the molecule is Cc1c(C(=O)NCCOC(C)(C)C)ccc2nn(CC3CN(C(=O)OC(C)(C)C)C3)cc12. The van der Waals surface area contributed by atoms with Crippen molar-refractivity contribution in [3.05, 3.63) is 29.5 Å². The van der Waals surface area contributed by atoms with Gasteiger partial charge in [0.15, 0.2) is 0 Å². The number of nitrogens with one attached hydrogen (secondary N) is 1. The first-order valence-electron chi connectivity index (χ1n) is 11.2. The number of hydrogen-bond acceptors (Lipinski definition) is 5. The summed E-state index contributed by atoms with van der Waals surface area (Å²) in [6, 6.07) is 3.70. The Hall–Kier alpha value is -2.61. The second-order valence-electron chi connectivity index (χ2n) is 10.5. The molecule has 0 atom stereocenters. The summed E-state index contributed by atoms with van der Waals surface area (Å²) in [7, 11) is 0. The lowest BCUT2D eigenvalue weighted by Gasteiger charge is -2.39. The summed E-state index contributed by atoms with van der Waals surface area (Å²) in [5, 5.41) is 8.55. The average molecular weight is 445 g/mol. The monoisotopic (exact) mass is 444 g/mol. The number of nitrogens with zero attached hydrogens (tertiary/aromatic N) is 3. The van der Waals surface area contributed by atoms with Crippen molar-refractivity contribution in [1.29, 1.82) is 0 Å². The molecule has 1 aliphatic rings. The molecule has 2 amide bonds. The quantitative estimate of drug-likeness (QED) is 0.686. The van der Waals surface area contributed by atoms with Crippen molar-refractivity contribution in [2.24, 2.45) is 5.92 Å². The lowest BCUT2D eigenvalue weighted by atomic mass is 10.0. The van der Waals surface area contributed by atoms with Gasteiger partial charge in [-0.3, -0.25) is 9.48 Å². The first kappa shape index (κ1) is 24.0. The molecule has 8 heteroatoms. The Morgan fingerprint density at radius 3 is 2.44 bits per heavy atom. The third-order valence-electron chi connectivity index (χ3n) is 5.23. The van der Waals surface area contributed by atoms with Gasteiger partial charge >= 0.3 is 6.09 Å². The molecule has 1 saturated heterocycles. The summed E-state index contributed by atoms with van der Waals surface area (Å²) >= 11 is 0. The summed E-state index contributed by atoms with van der Waals surface area (Å²) in [5.41, 5.74) is 1.71. The maximum atomic E-state index is 12.6. The second kappa shape index (κ2) is 9.10. The van der Waals surface area contributed by atoms with Gasteiger partial charge in [0.05, 0.1) is 17.7 Å². The Bertz CT molecular complexity index is 978. The number of amides is 2. The average Bonchev–Trinajstić information content (AvgIpc) is 3.03. The molecular formula is C24H36N4O4. The van der Waals surface area contributed by atoms with Gasteiger partial charge in [-0.15, -0.1) is 0 Å².